The number of benzene rings is 2. The van der Waals surface area contributed by atoms with Gasteiger partial charge in [-0.3, -0.25) is 32.5 Å². The molecule has 388 valence electrons. The van der Waals surface area contributed by atoms with Gasteiger partial charge in [-0.2, -0.15) is 4.98 Å². The molecule has 4 N–H and O–H groups in total. The van der Waals surface area contributed by atoms with E-state index >= 15 is 0 Å². The van der Waals surface area contributed by atoms with Gasteiger partial charge in [-0.25, -0.2) is 15.0 Å². The molecule has 16 nitrogen and oxygen atoms in total. The first-order chi connectivity index (χ1) is 34.9. The minimum Gasteiger partial charge on any atom is -0.399 e. The molecule has 2 saturated carbocycles. The highest BCUT2D eigenvalue weighted by molar-refractivity contribution is 7.84. The maximum atomic E-state index is 13.4. The van der Waals surface area contributed by atoms with Gasteiger partial charge >= 0.3 is 0 Å². The van der Waals surface area contributed by atoms with Crippen molar-refractivity contribution >= 4 is 73.1 Å². The van der Waals surface area contributed by atoms with E-state index in [0.29, 0.717) is 45.8 Å². The summed E-state index contributed by atoms with van der Waals surface area (Å²) in [5.41, 5.74) is 12.2. The van der Waals surface area contributed by atoms with Gasteiger partial charge in [0.1, 0.15) is 11.3 Å². The van der Waals surface area contributed by atoms with Crippen molar-refractivity contribution in [1.82, 2.24) is 34.4 Å². The number of aromatic nitrogens is 6. The van der Waals surface area contributed by atoms with Crippen LogP contribution in [0.1, 0.15) is 143 Å². The molecular weight excluding hydrogens is 939 g/mol. The number of pyridine rings is 2. The summed E-state index contributed by atoms with van der Waals surface area (Å²) in [4.78, 5) is 73.3. The number of piperidine rings is 1. The van der Waals surface area contributed by atoms with Crippen molar-refractivity contribution in [1.29, 1.82) is 0 Å². The Balaban J connectivity index is 0.000000160. The summed E-state index contributed by atoms with van der Waals surface area (Å²) in [6.45, 7) is 19.8. The number of rotatable bonds is 9. The standard InChI is InChI=1S/C27H34N6O2.C16H19N3O3S.C13H20N2/c1-16-14-32(15-17(2)29-16)21-11-9-20(10-12-21)30-27-28-13-23-18(3)24(19(4)34)26(35)33(25(23)31-27)22-7-5-6-8-22;1-9-12-8-17-16(23(3)22)18-14(12)19(11-6-4-5-7-11)15(21)13(9)10(2)20;1-10-7-11(2)9-15(8-10)13-5-3-12(14)4-6-13/h9-13,16-17,22,29H,5-8,14-15H2,1-4H3,(H,28,30,31);8,11H,4-7H2,1-3H3;3-6,10-11H,7-9,14H2,1-2H3. The molecule has 4 fully saturated rings. The summed E-state index contributed by atoms with van der Waals surface area (Å²) in [5.74, 6) is 1.58. The number of nitrogens with two attached hydrogens (primary N) is 1. The van der Waals surface area contributed by atoms with E-state index in [1.165, 1.54) is 51.0 Å². The second kappa shape index (κ2) is 22.8. The van der Waals surface area contributed by atoms with Crippen molar-refractivity contribution in [3.63, 3.8) is 0 Å². The third-order valence-electron chi connectivity index (χ3n) is 14.9. The van der Waals surface area contributed by atoms with E-state index < -0.39 is 10.8 Å². The van der Waals surface area contributed by atoms with E-state index in [0.717, 1.165) is 93.1 Å². The second-order valence-electron chi connectivity index (χ2n) is 21.1. The lowest BCUT2D eigenvalue weighted by atomic mass is 9.91. The third-order valence-corrected chi connectivity index (χ3v) is 15.6. The van der Waals surface area contributed by atoms with Crippen LogP contribution in [-0.2, 0) is 10.8 Å². The Kier molecular flexibility index (Phi) is 16.6. The van der Waals surface area contributed by atoms with Crippen molar-refractivity contribution in [3.05, 3.63) is 104 Å². The van der Waals surface area contributed by atoms with Crippen LogP contribution in [0.25, 0.3) is 22.1 Å². The molecule has 2 saturated heterocycles. The van der Waals surface area contributed by atoms with E-state index in [4.69, 9.17) is 10.7 Å². The monoisotopic (exact) mass is 1010 g/mol. The Bertz CT molecular complexity index is 3110. The summed E-state index contributed by atoms with van der Waals surface area (Å²) in [6, 6.07) is 17.5. The molecule has 5 unspecified atom stereocenters. The summed E-state index contributed by atoms with van der Waals surface area (Å²) < 4.78 is 15.1. The van der Waals surface area contributed by atoms with Crippen molar-refractivity contribution in [2.75, 3.05) is 53.3 Å². The molecular formula is C56H73N11O5S. The third kappa shape index (κ3) is 11.9. The zero-order chi connectivity index (χ0) is 52.2. The molecule has 0 bridgehead atoms. The van der Waals surface area contributed by atoms with Gasteiger partial charge in [0.15, 0.2) is 11.6 Å². The van der Waals surface area contributed by atoms with Crippen LogP contribution in [0, 0.1) is 25.7 Å². The maximum absolute atomic E-state index is 13.4. The number of fused-ring (bicyclic) bond motifs is 2. The van der Waals surface area contributed by atoms with Gasteiger partial charge in [0.2, 0.25) is 11.1 Å². The van der Waals surface area contributed by atoms with Gasteiger partial charge < -0.3 is 26.2 Å². The van der Waals surface area contributed by atoms with Crippen LogP contribution in [0.3, 0.4) is 0 Å². The van der Waals surface area contributed by atoms with Crippen LogP contribution in [0.15, 0.2) is 75.7 Å². The van der Waals surface area contributed by atoms with Crippen LogP contribution in [0.2, 0.25) is 0 Å². The van der Waals surface area contributed by atoms with Gasteiger partial charge in [0.05, 0.1) is 21.9 Å². The first-order valence-corrected chi connectivity index (χ1v) is 27.6. The van der Waals surface area contributed by atoms with Gasteiger partial charge in [-0.05, 0) is 145 Å². The normalized spacial score (nSPS) is 20.8. The smallest absolute Gasteiger partial charge is 0.263 e. The summed E-state index contributed by atoms with van der Waals surface area (Å²) >= 11 is 0. The molecule has 5 atom stereocenters. The maximum Gasteiger partial charge on any atom is 0.263 e. The topological polar surface area (TPSA) is 203 Å². The van der Waals surface area contributed by atoms with Crippen LogP contribution in [-0.4, -0.2) is 89.4 Å². The number of ketones is 2. The van der Waals surface area contributed by atoms with E-state index in [9.17, 15) is 23.4 Å². The van der Waals surface area contributed by atoms with E-state index in [2.05, 4.69) is 87.3 Å². The number of nitrogens with zero attached hydrogens (tertiary/aromatic N) is 8. The van der Waals surface area contributed by atoms with Crippen LogP contribution in [0.4, 0.5) is 28.7 Å². The van der Waals surface area contributed by atoms with Crippen molar-refractivity contribution in [3.8, 4) is 0 Å². The van der Waals surface area contributed by atoms with Gasteiger partial charge in [0, 0.05) is 103 Å². The van der Waals surface area contributed by atoms with E-state index in [1.54, 1.807) is 28.5 Å². The van der Waals surface area contributed by atoms with Crippen LogP contribution in [0.5, 0.6) is 0 Å². The molecule has 17 heteroatoms. The predicted molar refractivity (Wildman–Crippen MR) is 294 cm³/mol. The van der Waals surface area contributed by atoms with Crippen molar-refractivity contribution < 1.29 is 13.8 Å². The Morgan fingerprint density at radius 2 is 1.10 bits per heavy atom. The Morgan fingerprint density at radius 1 is 0.658 bits per heavy atom. The van der Waals surface area contributed by atoms with Gasteiger partial charge in [0.25, 0.3) is 11.1 Å². The van der Waals surface area contributed by atoms with Gasteiger partial charge in [-0.15, -0.1) is 0 Å². The molecule has 4 aromatic heterocycles. The van der Waals surface area contributed by atoms with Crippen molar-refractivity contribution in [2.45, 2.75) is 143 Å². The number of carbonyl (C=O) groups is 2. The molecule has 6 heterocycles. The first kappa shape index (κ1) is 53.0. The largest absolute Gasteiger partial charge is 0.399 e. The molecule has 2 aromatic carbocycles. The number of anilines is 5. The van der Waals surface area contributed by atoms with E-state index in [-0.39, 0.29) is 51.1 Å². The minimum absolute atomic E-state index is 0.0386. The number of hydrogen-bond acceptors (Lipinski definition) is 14. The number of nitrogen functional groups attached to an aromatic ring is 1. The molecule has 73 heavy (non-hydrogen) atoms. The Labute approximate surface area is 431 Å². The Hall–Kier alpha value is -6.33. The number of carbonyl (C=O) groups excluding carboxylic acids is 2. The number of nitrogens with one attached hydrogen (secondary N) is 2. The van der Waals surface area contributed by atoms with Crippen molar-refractivity contribution in [2.24, 2.45) is 11.8 Å². The average molecular weight is 1010 g/mol. The van der Waals surface area contributed by atoms with Crippen LogP contribution < -0.4 is 37.3 Å². The SMILES string of the molecule is CC(=O)c1c(C)c2cnc(Nc3ccc(N4CC(C)NC(C)C4)cc3)nc2n(C2CCCC2)c1=O.CC(=O)c1c(C)c2cnc(S(C)=O)nc2n(C2CCCC2)c1=O.CC1CC(C)CN(c2ccc(N)cc2)C1. The summed E-state index contributed by atoms with van der Waals surface area (Å²) in [5, 5.41) is 8.51. The fourth-order valence-electron chi connectivity index (χ4n) is 11.7. The lowest BCUT2D eigenvalue weighted by Gasteiger charge is -2.37. The molecule has 0 radical (unpaired) electrons. The molecule has 2 aliphatic carbocycles. The molecule has 2 aliphatic heterocycles. The summed E-state index contributed by atoms with van der Waals surface area (Å²) in [6.07, 6.45) is 14.1. The molecule has 4 aliphatic rings. The fourth-order valence-corrected chi connectivity index (χ4v) is 12.1. The highest BCUT2D eigenvalue weighted by atomic mass is 32.2. The highest BCUT2D eigenvalue weighted by Crippen LogP contribution is 2.34. The molecule has 6 aromatic rings. The Morgan fingerprint density at radius 3 is 1.56 bits per heavy atom. The fraction of sp³-hybridized carbons (Fsp3) is 0.500. The van der Waals surface area contributed by atoms with E-state index in [1.807, 2.05) is 31.2 Å². The van der Waals surface area contributed by atoms with Crippen LogP contribution >= 0.6 is 0 Å². The predicted octanol–water partition coefficient (Wildman–Crippen LogP) is 9.25. The lowest BCUT2D eigenvalue weighted by Crippen LogP contribution is -2.54. The number of hydrogen-bond donors (Lipinski definition) is 3. The first-order valence-electron chi connectivity index (χ1n) is 26.1. The molecule has 0 spiro atoms. The quantitative estimate of drug-likeness (QED) is 0.0702. The summed E-state index contributed by atoms with van der Waals surface area (Å²) in [7, 11) is -1.33. The molecule has 10 rings (SSSR count). The number of piperazine rings is 1. The zero-order valence-corrected chi connectivity index (χ0v) is 44.9. The minimum atomic E-state index is -1.33. The number of aryl methyl sites for hydroxylation is 2. The number of Topliss-reactive ketones (excluding diaryl/α,β-unsaturated/α-hetero) is 2. The van der Waals surface area contributed by atoms with Gasteiger partial charge in [-0.1, -0.05) is 39.5 Å². The second-order valence-corrected chi connectivity index (χ2v) is 22.4. The highest BCUT2D eigenvalue weighted by Gasteiger charge is 2.28. The molecule has 0 amide bonds. The lowest BCUT2D eigenvalue weighted by molar-refractivity contribution is 0.100. The average Bonchev–Trinajstić information content (AvgIpc) is 4.08. The zero-order valence-electron chi connectivity index (χ0n) is 44.0.